The number of nitrogens with zero attached hydrogens (tertiary/aromatic N) is 2. The number of aromatic nitrogens is 2. The van der Waals surface area contributed by atoms with Gasteiger partial charge >= 0.3 is 0 Å². The van der Waals surface area contributed by atoms with Crippen LogP contribution in [0.2, 0.25) is 0 Å². The van der Waals surface area contributed by atoms with Gasteiger partial charge in [-0.3, -0.25) is 4.68 Å². The van der Waals surface area contributed by atoms with Crippen molar-refractivity contribution in [1.82, 2.24) is 9.78 Å². The van der Waals surface area contributed by atoms with Crippen LogP contribution in [0.4, 0.5) is 0 Å². The van der Waals surface area contributed by atoms with Gasteiger partial charge in [-0.1, -0.05) is 41.5 Å². The van der Waals surface area contributed by atoms with Crippen LogP contribution in [0.25, 0.3) is 0 Å². The molecular weight excluding hydrogens is 196 g/mol. The summed E-state index contributed by atoms with van der Waals surface area (Å²) in [7, 11) is 0. The molecule has 0 unspecified atom stereocenters. The van der Waals surface area contributed by atoms with Crippen molar-refractivity contribution in [3.8, 4) is 0 Å². The van der Waals surface area contributed by atoms with Crippen LogP contribution < -0.4 is 0 Å². The molecule has 0 saturated carbocycles. The van der Waals surface area contributed by atoms with E-state index in [0.29, 0.717) is 11.3 Å². The second-order valence-electron chi connectivity index (χ2n) is 6.39. The molecule has 0 aliphatic carbocycles. The molecule has 0 aliphatic rings. The zero-order chi connectivity index (χ0) is 12.3. The van der Waals surface area contributed by atoms with E-state index in [1.165, 1.54) is 12.0 Å². The van der Waals surface area contributed by atoms with Crippen molar-refractivity contribution in [3.63, 3.8) is 0 Å². The van der Waals surface area contributed by atoms with E-state index < -0.39 is 0 Å². The average molecular weight is 222 g/mol. The van der Waals surface area contributed by atoms with Gasteiger partial charge in [0, 0.05) is 12.7 Å². The van der Waals surface area contributed by atoms with Crippen molar-refractivity contribution in [2.24, 2.45) is 11.3 Å². The second kappa shape index (κ2) is 5.03. The molecule has 1 aromatic rings. The van der Waals surface area contributed by atoms with E-state index in [9.17, 15) is 0 Å². The quantitative estimate of drug-likeness (QED) is 0.734. The third-order valence-corrected chi connectivity index (χ3v) is 2.87. The van der Waals surface area contributed by atoms with Crippen LogP contribution in [0.3, 0.4) is 0 Å². The van der Waals surface area contributed by atoms with Crippen molar-refractivity contribution in [3.05, 3.63) is 18.0 Å². The Morgan fingerprint density at radius 2 is 1.88 bits per heavy atom. The van der Waals surface area contributed by atoms with Gasteiger partial charge in [-0.15, -0.1) is 0 Å². The van der Waals surface area contributed by atoms with E-state index in [1.807, 2.05) is 6.20 Å². The minimum absolute atomic E-state index is 0.328. The fraction of sp³-hybridized carbons (Fsp3) is 0.786. The summed E-state index contributed by atoms with van der Waals surface area (Å²) in [4.78, 5) is 0. The Morgan fingerprint density at radius 1 is 1.25 bits per heavy atom. The van der Waals surface area contributed by atoms with E-state index in [2.05, 4.69) is 57.5 Å². The first-order valence-electron chi connectivity index (χ1n) is 6.32. The Labute approximate surface area is 100 Å². The predicted molar refractivity (Wildman–Crippen MR) is 69.6 cm³/mol. The Kier molecular flexibility index (Phi) is 4.17. The third-order valence-electron chi connectivity index (χ3n) is 2.87. The molecular formula is C14H26N2. The highest BCUT2D eigenvalue weighted by atomic mass is 15.3. The van der Waals surface area contributed by atoms with Crippen LogP contribution in [0, 0.1) is 11.3 Å². The molecule has 1 aromatic heterocycles. The first-order valence-corrected chi connectivity index (χ1v) is 6.32. The van der Waals surface area contributed by atoms with Gasteiger partial charge in [-0.25, -0.2) is 0 Å². The maximum Gasteiger partial charge on any atom is 0.0524 e. The lowest BCUT2D eigenvalue weighted by Gasteiger charge is -2.26. The maximum atomic E-state index is 4.45. The zero-order valence-electron chi connectivity index (χ0n) is 11.6. The third kappa shape index (κ3) is 3.99. The molecule has 0 spiro atoms. The van der Waals surface area contributed by atoms with E-state index in [4.69, 9.17) is 0 Å². The lowest BCUT2D eigenvalue weighted by Crippen LogP contribution is -2.22. The first-order chi connectivity index (χ1) is 7.30. The highest BCUT2D eigenvalue weighted by molar-refractivity contribution is 5.08. The lowest BCUT2D eigenvalue weighted by atomic mass is 9.84. The molecule has 1 heterocycles. The van der Waals surface area contributed by atoms with Crippen molar-refractivity contribution in [2.75, 3.05) is 0 Å². The van der Waals surface area contributed by atoms with Crippen LogP contribution in [0.1, 0.15) is 59.4 Å². The van der Waals surface area contributed by atoms with Crippen LogP contribution >= 0.6 is 0 Å². The van der Waals surface area contributed by atoms with E-state index >= 15 is 0 Å². The van der Waals surface area contributed by atoms with Crippen molar-refractivity contribution in [1.29, 1.82) is 0 Å². The van der Waals surface area contributed by atoms with Gasteiger partial charge in [-0.2, -0.15) is 5.10 Å². The molecule has 0 atom stereocenters. The molecule has 2 nitrogen and oxygen atoms in total. The summed E-state index contributed by atoms with van der Waals surface area (Å²) in [5.74, 6) is 1.32. The molecule has 1 rings (SSSR count). The first kappa shape index (κ1) is 13.3. The van der Waals surface area contributed by atoms with Crippen LogP contribution in [-0.2, 0) is 6.54 Å². The Bertz CT molecular complexity index is 321. The second-order valence-corrected chi connectivity index (χ2v) is 6.39. The van der Waals surface area contributed by atoms with Gasteiger partial charge < -0.3 is 0 Å². The highest BCUT2D eigenvalue weighted by Gasteiger charge is 2.20. The van der Waals surface area contributed by atoms with Gasteiger partial charge in [0.05, 0.1) is 6.20 Å². The highest BCUT2D eigenvalue weighted by Crippen LogP contribution is 2.27. The number of rotatable bonds is 5. The fourth-order valence-corrected chi connectivity index (χ4v) is 2.37. The van der Waals surface area contributed by atoms with E-state index in [1.54, 1.807) is 0 Å². The summed E-state index contributed by atoms with van der Waals surface area (Å²) in [5, 5.41) is 4.45. The molecule has 0 amide bonds. The molecule has 2 heteroatoms. The molecule has 0 fully saturated rings. The van der Waals surface area contributed by atoms with Crippen molar-refractivity contribution < 1.29 is 0 Å². The predicted octanol–water partition coefficient (Wildman–Crippen LogP) is 4.08. The monoisotopic (exact) mass is 222 g/mol. The summed E-state index contributed by atoms with van der Waals surface area (Å²) >= 11 is 0. The summed E-state index contributed by atoms with van der Waals surface area (Å²) in [6.07, 6.45) is 5.42. The molecule has 0 aliphatic heterocycles. The Morgan fingerprint density at radius 3 is 2.31 bits per heavy atom. The normalized spacial score (nSPS) is 12.8. The fourth-order valence-electron chi connectivity index (χ4n) is 2.37. The number of hydrogen-bond acceptors (Lipinski definition) is 1. The maximum absolute atomic E-state index is 4.45. The minimum atomic E-state index is 0.328. The van der Waals surface area contributed by atoms with Gasteiger partial charge in [0.25, 0.3) is 0 Å². The van der Waals surface area contributed by atoms with Crippen LogP contribution in [0.15, 0.2) is 12.4 Å². The average Bonchev–Trinajstić information content (AvgIpc) is 2.48. The van der Waals surface area contributed by atoms with Gasteiger partial charge in [-0.05, 0) is 29.2 Å². The van der Waals surface area contributed by atoms with Gasteiger partial charge in [0.2, 0.25) is 0 Å². The molecule has 0 aromatic carbocycles. The molecule has 92 valence electrons. The van der Waals surface area contributed by atoms with Gasteiger partial charge in [0.1, 0.15) is 0 Å². The van der Waals surface area contributed by atoms with Gasteiger partial charge in [0.15, 0.2) is 0 Å². The molecule has 0 radical (unpaired) electrons. The molecule has 0 bridgehead atoms. The van der Waals surface area contributed by atoms with Crippen LogP contribution in [-0.4, -0.2) is 9.78 Å². The Hall–Kier alpha value is -0.790. The van der Waals surface area contributed by atoms with Crippen molar-refractivity contribution >= 4 is 0 Å². The molecule has 16 heavy (non-hydrogen) atoms. The SMILES string of the molecule is CC(C)CC(C)(C)Cn1cc(C(C)C)cn1. The lowest BCUT2D eigenvalue weighted by molar-refractivity contribution is 0.235. The summed E-state index contributed by atoms with van der Waals surface area (Å²) in [6, 6.07) is 0. The summed E-state index contributed by atoms with van der Waals surface area (Å²) in [6.45, 7) is 14.6. The topological polar surface area (TPSA) is 17.8 Å². The standard InChI is InChI=1S/C14H26N2/c1-11(2)7-14(5,6)10-16-9-13(8-15-16)12(3)4/h8-9,11-12H,7,10H2,1-6H3. The summed E-state index contributed by atoms with van der Waals surface area (Å²) in [5.41, 5.74) is 1.66. The van der Waals surface area contributed by atoms with E-state index in [-0.39, 0.29) is 0 Å². The van der Waals surface area contributed by atoms with Crippen LogP contribution in [0.5, 0.6) is 0 Å². The van der Waals surface area contributed by atoms with E-state index in [0.717, 1.165) is 12.5 Å². The smallest absolute Gasteiger partial charge is 0.0524 e. The Balaban J connectivity index is 2.65. The summed E-state index contributed by atoms with van der Waals surface area (Å²) < 4.78 is 2.09. The minimum Gasteiger partial charge on any atom is -0.272 e. The van der Waals surface area contributed by atoms with Crippen molar-refractivity contribution in [2.45, 2.75) is 60.4 Å². The number of hydrogen-bond donors (Lipinski definition) is 0. The molecule has 0 saturated heterocycles. The molecule has 0 N–H and O–H groups in total. The zero-order valence-corrected chi connectivity index (χ0v) is 11.6. The largest absolute Gasteiger partial charge is 0.272 e.